The third-order valence-corrected chi connectivity index (χ3v) is 4.72. The van der Waals surface area contributed by atoms with Crippen LogP contribution in [0.3, 0.4) is 0 Å². The number of aryl methyl sites for hydroxylation is 1. The largest absolute Gasteiger partial charge is 0.320 e. The fraction of sp³-hybridized carbons (Fsp3) is 0.0625. The Balaban J connectivity index is 2.07. The monoisotopic (exact) mass is 314 g/mol. The van der Waals surface area contributed by atoms with Crippen LogP contribution in [-0.4, -0.2) is 13.4 Å². The number of hydrogen-bond donors (Lipinski definition) is 2. The fourth-order valence-corrected chi connectivity index (χ4v) is 3.26. The van der Waals surface area contributed by atoms with Gasteiger partial charge in [0, 0.05) is 11.5 Å². The van der Waals surface area contributed by atoms with Crippen molar-refractivity contribution in [1.29, 1.82) is 0 Å². The third kappa shape index (κ3) is 2.73. The Kier molecular flexibility index (Phi) is 3.46. The van der Waals surface area contributed by atoms with Crippen molar-refractivity contribution in [2.45, 2.75) is 11.8 Å². The van der Waals surface area contributed by atoms with Gasteiger partial charge in [0.2, 0.25) is 5.56 Å². The van der Waals surface area contributed by atoms with Crippen LogP contribution in [0.5, 0.6) is 0 Å². The fourth-order valence-electron chi connectivity index (χ4n) is 2.19. The number of anilines is 1. The number of sulfonamides is 1. The van der Waals surface area contributed by atoms with Crippen LogP contribution in [0.1, 0.15) is 5.56 Å². The van der Waals surface area contributed by atoms with Gasteiger partial charge in [0.1, 0.15) is 0 Å². The number of fused-ring (bicyclic) bond motifs is 1. The summed E-state index contributed by atoms with van der Waals surface area (Å²) < 4.78 is 27.4. The van der Waals surface area contributed by atoms with Crippen LogP contribution >= 0.6 is 0 Å². The van der Waals surface area contributed by atoms with Gasteiger partial charge in [-0.3, -0.25) is 9.52 Å². The Hall–Kier alpha value is -2.60. The Morgan fingerprint density at radius 1 is 0.955 bits per heavy atom. The molecule has 1 aromatic heterocycles. The molecule has 0 spiro atoms. The van der Waals surface area contributed by atoms with E-state index in [-0.39, 0.29) is 10.5 Å². The molecule has 0 bridgehead atoms. The third-order valence-electron chi connectivity index (χ3n) is 3.33. The first-order valence-corrected chi connectivity index (χ1v) is 8.15. The number of aromatic amines is 1. The molecule has 0 atom stereocenters. The smallest absolute Gasteiger partial charge is 0.261 e. The van der Waals surface area contributed by atoms with Crippen LogP contribution in [0.15, 0.2) is 64.3 Å². The molecule has 2 aromatic carbocycles. The molecule has 5 nitrogen and oxygen atoms in total. The topological polar surface area (TPSA) is 79.0 Å². The summed E-state index contributed by atoms with van der Waals surface area (Å²) in [5.74, 6) is 0. The van der Waals surface area contributed by atoms with E-state index in [1.54, 1.807) is 48.5 Å². The lowest BCUT2D eigenvalue weighted by atomic mass is 10.2. The van der Waals surface area contributed by atoms with E-state index in [1.165, 1.54) is 6.07 Å². The number of nitrogens with one attached hydrogen (secondary N) is 2. The van der Waals surface area contributed by atoms with Crippen molar-refractivity contribution in [3.63, 3.8) is 0 Å². The molecule has 0 amide bonds. The zero-order valence-corrected chi connectivity index (χ0v) is 12.6. The van der Waals surface area contributed by atoms with Gasteiger partial charge in [0.15, 0.2) is 0 Å². The van der Waals surface area contributed by atoms with E-state index in [9.17, 15) is 13.2 Å². The summed E-state index contributed by atoms with van der Waals surface area (Å²) in [7, 11) is -3.71. The van der Waals surface area contributed by atoms with Crippen molar-refractivity contribution in [3.8, 4) is 0 Å². The van der Waals surface area contributed by atoms with E-state index in [1.807, 2.05) is 6.92 Å². The first kappa shape index (κ1) is 14.3. The summed E-state index contributed by atoms with van der Waals surface area (Å²) in [5.41, 5.74) is 1.50. The molecule has 1 heterocycles. The molecule has 112 valence electrons. The number of pyridine rings is 1. The minimum absolute atomic E-state index is 0.174. The van der Waals surface area contributed by atoms with Gasteiger partial charge in [-0.1, -0.05) is 29.8 Å². The normalized spacial score (nSPS) is 11.5. The molecule has 3 rings (SSSR count). The molecule has 0 saturated carbocycles. The van der Waals surface area contributed by atoms with Gasteiger partial charge in [0.25, 0.3) is 10.0 Å². The molecular weight excluding hydrogens is 300 g/mol. The van der Waals surface area contributed by atoms with Crippen molar-refractivity contribution in [2.75, 3.05) is 4.72 Å². The highest BCUT2D eigenvalue weighted by atomic mass is 32.2. The minimum Gasteiger partial charge on any atom is -0.320 e. The Labute approximate surface area is 127 Å². The highest BCUT2D eigenvalue weighted by Crippen LogP contribution is 2.23. The highest BCUT2D eigenvalue weighted by molar-refractivity contribution is 7.92. The van der Waals surface area contributed by atoms with Crippen molar-refractivity contribution in [1.82, 2.24) is 4.98 Å². The van der Waals surface area contributed by atoms with Crippen LogP contribution in [0, 0.1) is 6.92 Å². The summed E-state index contributed by atoms with van der Waals surface area (Å²) in [6, 6.07) is 14.8. The molecule has 22 heavy (non-hydrogen) atoms. The van der Waals surface area contributed by atoms with Gasteiger partial charge in [0.05, 0.1) is 16.1 Å². The summed E-state index contributed by atoms with van der Waals surface area (Å²) in [6.45, 7) is 1.89. The molecule has 0 radical (unpaired) electrons. The number of para-hydroxylation sites is 1. The summed E-state index contributed by atoms with van der Waals surface area (Å²) in [6.07, 6.45) is 0. The first-order chi connectivity index (χ1) is 10.5. The zero-order chi connectivity index (χ0) is 15.7. The predicted molar refractivity (Wildman–Crippen MR) is 86.6 cm³/mol. The quantitative estimate of drug-likeness (QED) is 0.780. The maximum absolute atomic E-state index is 12.4. The standard InChI is InChI=1S/C16H14N2O3S/c1-11-5-8-13(9-6-11)22(20,21)18-14-4-2-3-12-7-10-15(19)17-16(12)14/h2-10,18H,1H3,(H,17,19). The maximum atomic E-state index is 12.4. The molecule has 3 aromatic rings. The molecule has 0 fully saturated rings. The minimum atomic E-state index is -3.71. The Morgan fingerprint density at radius 2 is 1.68 bits per heavy atom. The number of benzene rings is 2. The van der Waals surface area contributed by atoms with Crippen molar-refractivity contribution < 1.29 is 8.42 Å². The Bertz CT molecular complexity index is 990. The van der Waals surface area contributed by atoms with Crippen molar-refractivity contribution >= 4 is 26.6 Å². The van der Waals surface area contributed by atoms with E-state index in [4.69, 9.17) is 0 Å². The summed E-state index contributed by atoms with van der Waals surface area (Å²) in [4.78, 5) is 14.3. The molecule has 2 N–H and O–H groups in total. The summed E-state index contributed by atoms with van der Waals surface area (Å²) >= 11 is 0. The van der Waals surface area contributed by atoms with Gasteiger partial charge >= 0.3 is 0 Å². The van der Waals surface area contributed by atoms with E-state index in [0.717, 1.165) is 10.9 Å². The van der Waals surface area contributed by atoms with E-state index in [0.29, 0.717) is 11.2 Å². The molecule has 0 aliphatic heterocycles. The highest BCUT2D eigenvalue weighted by Gasteiger charge is 2.15. The first-order valence-electron chi connectivity index (χ1n) is 6.67. The lowest BCUT2D eigenvalue weighted by molar-refractivity contribution is 0.601. The second-order valence-corrected chi connectivity index (χ2v) is 6.69. The average Bonchev–Trinajstić information content (AvgIpc) is 2.48. The lowest BCUT2D eigenvalue weighted by Gasteiger charge is -2.10. The number of rotatable bonds is 3. The van der Waals surface area contributed by atoms with Gasteiger partial charge in [-0.2, -0.15) is 0 Å². The van der Waals surface area contributed by atoms with Gasteiger partial charge < -0.3 is 4.98 Å². The molecule has 6 heteroatoms. The van der Waals surface area contributed by atoms with Crippen LogP contribution in [0.25, 0.3) is 10.9 Å². The number of aromatic nitrogens is 1. The van der Waals surface area contributed by atoms with Gasteiger partial charge in [-0.05, 0) is 31.2 Å². The molecule has 0 aliphatic carbocycles. The molecule has 0 aliphatic rings. The Morgan fingerprint density at radius 3 is 2.41 bits per heavy atom. The van der Waals surface area contributed by atoms with E-state index >= 15 is 0 Å². The van der Waals surface area contributed by atoms with Crippen LogP contribution in [-0.2, 0) is 10.0 Å². The molecule has 0 saturated heterocycles. The SMILES string of the molecule is Cc1ccc(S(=O)(=O)Nc2cccc3ccc(=O)[nH]c23)cc1. The van der Waals surface area contributed by atoms with Crippen LogP contribution in [0.2, 0.25) is 0 Å². The van der Waals surface area contributed by atoms with E-state index in [2.05, 4.69) is 9.71 Å². The van der Waals surface area contributed by atoms with Crippen LogP contribution < -0.4 is 10.3 Å². The second kappa shape index (κ2) is 5.31. The van der Waals surface area contributed by atoms with Crippen LogP contribution in [0.4, 0.5) is 5.69 Å². The zero-order valence-electron chi connectivity index (χ0n) is 11.8. The van der Waals surface area contributed by atoms with Gasteiger partial charge in [-0.15, -0.1) is 0 Å². The van der Waals surface area contributed by atoms with Gasteiger partial charge in [-0.25, -0.2) is 8.42 Å². The summed E-state index contributed by atoms with van der Waals surface area (Å²) in [5, 5.41) is 0.753. The maximum Gasteiger partial charge on any atom is 0.261 e. The van der Waals surface area contributed by atoms with Crippen molar-refractivity contribution in [3.05, 3.63) is 70.5 Å². The van der Waals surface area contributed by atoms with E-state index < -0.39 is 10.0 Å². The second-order valence-electron chi connectivity index (χ2n) is 5.01. The number of hydrogen-bond acceptors (Lipinski definition) is 3. The average molecular weight is 314 g/mol. The molecule has 0 unspecified atom stereocenters. The number of H-pyrrole nitrogens is 1. The van der Waals surface area contributed by atoms with Crippen molar-refractivity contribution in [2.24, 2.45) is 0 Å². The molecular formula is C16H14N2O3S. The lowest BCUT2D eigenvalue weighted by Crippen LogP contribution is -2.14. The predicted octanol–water partition coefficient (Wildman–Crippen LogP) is 2.64.